The summed E-state index contributed by atoms with van der Waals surface area (Å²) < 4.78 is 0. The molecule has 1 amide bonds. The van der Waals surface area contributed by atoms with Crippen LogP contribution in [0.3, 0.4) is 0 Å². The number of fused-ring (bicyclic) bond motifs is 1. The maximum Gasteiger partial charge on any atom is 0.259 e. The number of carbonyl (C=O) groups is 1. The van der Waals surface area contributed by atoms with Gasteiger partial charge in [0.25, 0.3) is 5.91 Å². The van der Waals surface area contributed by atoms with Crippen molar-refractivity contribution in [2.45, 2.75) is 12.8 Å². The van der Waals surface area contributed by atoms with E-state index < -0.39 is 0 Å². The van der Waals surface area contributed by atoms with Crippen LogP contribution in [0, 0.1) is 0 Å². The fraction of sp³-hybridized carbons (Fsp3) is 0.222. The van der Waals surface area contributed by atoms with Gasteiger partial charge in [0, 0.05) is 12.2 Å². The lowest BCUT2D eigenvalue weighted by molar-refractivity contribution is -0.119. The number of amides is 1. The molecule has 2 aromatic carbocycles. The normalized spacial score (nSPS) is 13.9. The summed E-state index contributed by atoms with van der Waals surface area (Å²) in [5.41, 5.74) is 6.04. The highest BCUT2D eigenvalue weighted by Gasteiger charge is 2.18. The van der Waals surface area contributed by atoms with E-state index in [4.69, 9.17) is 0 Å². The summed E-state index contributed by atoms with van der Waals surface area (Å²) in [6.45, 7) is 1.25. The highest BCUT2D eigenvalue weighted by atomic mass is 16.2. The number of rotatable bonds is 4. The molecule has 4 nitrogen and oxygen atoms in total. The maximum atomic E-state index is 12.0. The molecular formula is C18H19N3O. The zero-order chi connectivity index (χ0) is 15.2. The molecule has 0 saturated heterocycles. The van der Waals surface area contributed by atoms with Gasteiger partial charge in [-0.05, 0) is 30.0 Å². The van der Waals surface area contributed by atoms with Crippen LogP contribution >= 0.6 is 0 Å². The van der Waals surface area contributed by atoms with Crippen LogP contribution in [0.15, 0.2) is 59.7 Å². The molecule has 1 heterocycles. The summed E-state index contributed by atoms with van der Waals surface area (Å²) in [7, 11) is 0. The number of hydrogen-bond donors (Lipinski definition) is 1. The monoisotopic (exact) mass is 293 g/mol. The molecule has 1 aliphatic heterocycles. The van der Waals surface area contributed by atoms with E-state index in [-0.39, 0.29) is 5.91 Å². The number of nitrogens with zero attached hydrogens (tertiary/aromatic N) is 2. The molecule has 0 spiro atoms. The highest BCUT2D eigenvalue weighted by molar-refractivity contribution is 5.84. The molecule has 0 atom stereocenters. The third kappa shape index (κ3) is 3.52. The smallest absolute Gasteiger partial charge is 0.259 e. The number of hydrogen-bond acceptors (Lipinski definition) is 3. The quantitative estimate of drug-likeness (QED) is 0.695. The van der Waals surface area contributed by atoms with Crippen LogP contribution in [0.5, 0.6) is 0 Å². The number of aryl methyl sites for hydroxylation is 1. The summed E-state index contributed by atoms with van der Waals surface area (Å²) in [6, 6.07) is 18.0. The highest BCUT2D eigenvalue weighted by Crippen LogP contribution is 2.26. The Hall–Kier alpha value is -2.62. The van der Waals surface area contributed by atoms with Crippen molar-refractivity contribution in [3.8, 4) is 0 Å². The first-order chi connectivity index (χ1) is 10.8. The molecule has 0 saturated carbocycles. The summed E-state index contributed by atoms with van der Waals surface area (Å²) in [4.78, 5) is 14.2. The molecule has 4 heteroatoms. The molecule has 0 radical (unpaired) electrons. The Balaban J connectivity index is 1.58. The fourth-order valence-corrected chi connectivity index (χ4v) is 2.70. The summed E-state index contributed by atoms with van der Waals surface area (Å²) >= 11 is 0. The number of hydrazone groups is 1. The SMILES string of the molecule is O=C(CN1CCCc2ccccc21)N/N=C\c1ccccc1. The van der Waals surface area contributed by atoms with Gasteiger partial charge in [-0.15, -0.1) is 0 Å². The Morgan fingerprint density at radius 2 is 1.91 bits per heavy atom. The third-order valence-corrected chi connectivity index (χ3v) is 3.74. The van der Waals surface area contributed by atoms with Crippen LogP contribution in [0.1, 0.15) is 17.5 Å². The van der Waals surface area contributed by atoms with Gasteiger partial charge in [0.1, 0.15) is 0 Å². The van der Waals surface area contributed by atoms with Crippen molar-refractivity contribution in [2.75, 3.05) is 18.0 Å². The van der Waals surface area contributed by atoms with E-state index in [0.717, 1.165) is 30.6 Å². The van der Waals surface area contributed by atoms with Crippen LogP contribution in [-0.2, 0) is 11.2 Å². The molecule has 1 aliphatic rings. The second-order valence-electron chi connectivity index (χ2n) is 5.36. The van der Waals surface area contributed by atoms with E-state index in [9.17, 15) is 4.79 Å². The van der Waals surface area contributed by atoms with Gasteiger partial charge in [0.15, 0.2) is 0 Å². The minimum atomic E-state index is -0.0936. The first-order valence-electron chi connectivity index (χ1n) is 7.53. The molecule has 112 valence electrons. The molecule has 0 aromatic heterocycles. The third-order valence-electron chi connectivity index (χ3n) is 3.74. The Morgan fingerprint density at radius 3 is 2.77 bits per heavy atom. The number of para-hydroxylation sites is 1. The molecule has 22 heavy (non-hydrogen) atoms. The van der Waals surface area contributed by atoms with E-state index in [1.54, 1.807) is 6.21 Å². The van der Waals surface area contributed by atoms with Crippen molar-refractivity contribution in [3.63, 3.8) is 0 Å². The lowest BCUT2D eigenvalue weighted by atomic mass is 10.0. The van der Waals surface area contributed by atoms with Gasteiger partial charge in [-0.3, -0.25) is 4.79 Å². The average Bonchev–Trinajstić information content (AvgIpc) is 2.56. The second-order valence-corrected chi connectivity index (χ2v) is 5.36. The van der Waals surface area contributed by atoms with E-state index in [1.807, 2.05) is 42.5 Å². The summed E-state index contributed by atoms with van der Waals surface area (Å²) in [5.74, 6) is -0.0936. The molecule has 3 rings (SSSR count). The Morgan fingerprint density at radius 1 is 1.14 bits per heavy atom. The van der Waals surface area contributed by atoms with Gasteiger partial charge in [-0.25, -0.2) is 5.43 Å². The van der Waals surface area contributed by atoms with Crippen molar-refractivity contribution in [3.05, 3.63) is 65.7 Å². The predicted octanol–water partition coefficient (Wildman–Crippen LogP) is 2.59. The number of benzene rings is 2. The minimum absolute atomic E-state index is 0.0936. The summed E-state index contributed by atoms with van der Waals surface area (Å²) in [6.07, 6.45) is 3.82. The largest absolute Gasteiger partial charge is 0.362 e. The zero-order valence-corrected chi connectivity index (χ0v) is 12.4. The van der Waals surface area contributed by atoms with Crippen molar-refractivity contribution in [1.29, 1.82) is 0 Å². The first kappa shape index (κ1) is 14.3. The molecule has 0 fully saturated rings. The van der Waals surface area contributed by atoms with E-state index in [0.29, 0.717) is 6.54 Å². The van der Waals surface area contributed by atoms with Gasteiger partial charge in [-0.1, -0.05) is 48.5 Å². The van der Waals surface area contributed by atoms with Gasteiger partial charge >= 0.3 is 0 Å². The Labute approximate surface area is 130 Å². The molecular weight excluding hydrogens is 274 g/mol. The van der Waals surface area contributed by atoms with Gasteiger partial charge in [0.05, 0.1) is 12.8 Å². The molecule has 0 bridgehead atoms. The number of anilines is 1. The van der Waals surface area contributed by atoms with Crippen molar-refractivity contribution in [1.82, 2.24) is 5.43 Å². The van der Waals surface area contributed by atoms with Crippen LogP contribution in [-0.4, -0.2) is 25.2 Å². The molecule has 1 N–H and O–H groups in total. The number of nitrogens with one attached hydrogen (secondary N) is 1. The van der Waals surface area contributed by atoms with Crippen molar-refractivity contribution < 1.29 is 4.79 Å². The standard InChI is InChI=1S/C18H19N3O/c22-18(20-19-13-15-7-2-1-3-8-15)14-21-12-6-10-16-9-4-5-11-17(16)21/h1-5,7-9,11,13H,6,10,12,14H2,(H,20,22)/b19-13-. The van der Waals surface area contributed by atoms with Crippen molar-refractivity contribution >= 4 is 17.8 Å². The fourth-order valence-electron chi connectivity index (χ4n) is 2.70. The van der Waals surface area contributed by atoms with Crippen LogP contribution in [0.25, 0.3) is 0 Å². The van der Waals surface area contributed by atoms with Crippen LogP contribution in [0.4, 0.5) is 5.69 Å². The first-order valence-corrected chi connectivity index (χ1v) is 7.53. The second kappa shape index (κ2) is 6.89. The van der Waals surface area contributed by atoms with E-state index in [2.05, 4.69) is 27.6 Å². The molecule has 2 aromatic rings. The Kier molecular flexibility index (Phi) is 4.49. The zero-order valence-electron chi connectivity index (χ0n) is 12.4. The van der Waals surface area contributed by atoms with Gasteiger partial charge in [0.2, 0.25) is 0 Å². The van der Waals surface area contributed by atoms with Gasteiger partial charge < -0.3 is 4.90 Å². The average molecular weight is 293 g/mol. The van der Waals surface area contributed by atoms with Crippen LogP contribution < -0.4 is 10.3 Å². The molecule has 0 unspecified atom stereocenters. The lowest BCUT2D eigenvalue weighted by Crippen LogP contribution is -2.38. The van der Waals surface area contributed by atoms with Gasteiger partial charge in [-0.2, -0.15) is 5.10 Å². The predicted molar refractivity (Wildman–Crippen MR) is 89.2 cm³/mol. The van der Waals surface area contributed by atoms with Crippen LogP contribution in [0.2, 0.25) is 0 Å². The van der Waals surface area contributed by atoms with E-state index >= 15 is 0 Å². The number of carbonyl (C=O) groups excluding carboxylic acids is 1. The molecule has 0 aliphatic carbocycles. The lowest BCUT2D eigenvalue weighted by Gasteiger charge is -2.30. The summed E-state index contributed by atoms with van der Waals surface area (Å²) in [5, 5.41) is 4.01. The van der Waals surface area contributed by atoms with Crippen molar-refractivity contribution in [2.24, 2.45) is 5.10 Å². The van der Waals surface area contributed by atoms with E-state index in [1.165, 1.54) is 5.56 Å². The topological polar surface area (TPSA) is 44.7 Å². The maximum absolute atomic E-state index is 12.0. The minimum Gasteiger partial charge on any atom is -0.362 e. The Bertz CT molecular complexity index is 667.